The zero-order valence-corrected chi connectivity index (χ0v) is 14.0. The standard InChI is InChI=1S/C18H31NO/c1-7-11-19-13-15(8-2)20-17-12-14(3)9-10-16(17)18(4,5)6/h9-10,12,15,19H,7-8,11,13H2,1-6H3. The molecule has 0 spiro atoms. The first-order valence-electron chi connectivity index (χ1n) is 7.87. The Labute approximate surface area is 124 Å². The van der Waals surface area contributed by atoms with E-state index in [1.165, 1.54) is 11.1 Å². The van der Waals surface area contributed by atoms with Gasteiger partial charge in [-0.2, -0.15) is 0 Å². The lowest BCUT2D eigenvalue weighted by molar-refractivity contribution is 0.189. The predicted octanol–water partition coefficient (Wildman–Crippen LogP) is 4.45. The lowest BCUT2D eigenvalue weighted by Gasteiger charge is -2.26. The van der Waals surface area contributed by atoms with E-state index in [2.05, 4.69) is 65.1 Å². The average Bonchev–Trinajstić information content (AvgIpc) is 2.36. The number of aryl methyl sites for hydroxylation is 1. The van der Waals surface area contributed by atoms with Crippen LogP contribution in [-0.4, -0.2) is 19.2 Å². The molecule has 20 heavy (non-hydrogen) atoms. The fraction of sp³-hybridized carbons (Fsp3) is 0.667. The van der Waals surface area contributed by atoms with Crippen molar-refractivity contribution < 1.29 is 4.74 Å². The molecule has 1 aromatic carbocycles. The second-order valence-corrected chi connectivity index (χ2v) is 6.60. The number of hydrogen-bond donors (Lipinski definition) is 1. The van der Waals surface area contributed by atoms with Crippen molar-refractivity contribution in [2.75, 3.05) is 13.1 Å². The Morgan fingerprint density at radius 3 is 2.45 bits per heavy atom. The molecule has 0 aliphatic heterocycles. The van der Waals surface area contributed by atoms with E-state index in [0.29, 0.717) is 0 Å². The molecular weight excluding hydrogens is 246 g/mol. The van der Waals surface area contributed by atoms with Crippen LogP contribution in [0.3, 0.4) is 0 Å². The van der Waals surface area contributed by atoms with Gasteiger partial charge in [-0.25, -0.2) is 0 Å². The van der Waals surface area contributed by atoms with E-state index < -0.39 is 0 Å². The first-order valence-corrected chi connectivity index (χ1v) is 7.87. The molecule has 0 saturated heterocycles. The summed E-state index contributed by atoms with van der Waals surface area (Å²) in [4.78, 5) is 0. The van der Waals surface area contributed by atoms with E-state index >= 15 is 0 Å². The minimum atomic E-state index is 0.109. The third-order valence-electron chi connectivity index (χ3n) is 3.49. The van der Waals surface area contributed by atoms with E-state index in [-0.39, 0.29) is 11.5 Å². The summed E-state index contributed by atoms with van der Waals surface area (Å²) in [5, 5.41) is 3.45. The molecule has 0 aliphatic carbocycles. The molecule has 1 aromatic rings. The van der Waals surface area contributed by atoms with Gasteiger partial charge in [-0.3, -0.25) is 0 Å². The summed E-state index contributed by atoms with van der Waals surface area (Å²) in [5.41, 5.74) is 2.65. The summed E-state index contributed by atoms with van der Waals surface area (Å²) >= 11 is 0. The summed E-state index contributed by atoms with van der Waals surface area (Å²) < 4.78 is 6.29. The molecule has 2 heteroatoms. The molecule has 0 bridgehead atoms. The highest BCUT2D eigenvalue weighted by atomic mass is 16.5. The Morgan fingerprint density at radius 1 is 1.20 bits per heavy atom. The second-order valence-electron chi connectivity index (χ2n) is 6.60. The largest absolute Gasteiger partial charge is 0.489 e. The molecule has 0 heterocycles. The molecule has 1 atom stereocenters. The predicted molar refractivity (Wildman–Crippen MR) is 87.7 cm³/mol. The average molecular weight is 277 g/mol. The highest BCUT2D eigenvalue weighted by molar-refractivity contribution is 5.41. The fourth-order valence-electron chi connectivity index (χ4n) is 2.24. The molecule has 0 aliphatic rings. The minimum absolute atomic E-state index is 0.109. The molecule has 1 rings (SSSR count). The summed E-state index contributed by atoms with van der Waals surface area (Å²) in [7, 11) is 0. The van der Waals surface area contributed by atoms with Crippen LogP contribution in [0.5, 0.6) is 5.75 Å². The number of ether oxygens (including phenoxy) is 1. The molecule has 1 unspecified atom stereocenters. The van der Waals surface area contributed by atoms with E-state index in [4.69, 9.17) is 4.74 Å². The third-order valence-corrected chi connectivity index (χ3v) is 3.49. The van der Waals surface area contributed by atoms with Gasteiger partial charge in [0.25, 0.3) is 0 Å². The van der Waals surface area contributed by atoms with Crippen LogP contribution in [0, 0.1) is 6.92 Å². The van der Waals surface area contributed by atoms with Crippen LogP contribution in [0.15, 0.2) is 18.2 Å². The first kappa shape index (κ1) is 17.0. The van der Waals surface area contributed by atoms with Gasteiger partial charge in [0, 0.05) is 6.54 Å². The van der Waals surface area contributed by atoms with Gasteiger partial charge in [-0.1, -0.05) is 46.8 Å². The van der Waals surface area contributed by atoms with Crippen LogP contribution in [-0.2, 0) is 5.41 Å². The summed E-state index contributed by atoms with van der Waals surface area (Å²) in [6.07, 6.45) is 2.42. The van der Waals surface area contributed by atoms with Crippen molar-refractivity contribution in [3.05, 3.63) is 29.3 Å². The Hall–Kier alpha value is -1.02. The maximum absolute atomic E-state index is 6.29. The van der Waals surface area contributed by atoms with Gasteiger partial charge in [-0.05, 0) is 48.9 Å². The van der Waals surface area contributed by atoms with Crippen molar-refractivity contribution >= 4 is 0 Å². The lowest BCUT2D eigenvalue weighted by atomic mass is 9.86. The van der Waals surface area contributed by atoms with E-state index in [1.807, 2.05) is 0 Å². The monoisotopic (exact) mass is 277 g/mol. The number of nitrogens with one attached hydrogen (secondary N) is 1. The van der Waals surface area contributed by atoms with Crippen LogP contribution < -0.4 is 10.1 Å². The highest BCUT2D eigenvalue weighted by Gasteiger charge is 2.20. The van der Waals surface area contributed by atoms with Crippen LogP contribution >= 0.6 is 0 Å². The molecule has 0 saturated carbocycles. The maximum Gasteiger partial charge on any atom is 0.123 e. The maximum atomic E-state index is 6.29. The van der Waals surface area contributed by atoms with E-state index in [9.17, 15) is 0 Å². The quantitative estimate of drug-likeness (QED) is 0.743. The third kappa shape index (κ3) is 5.16. The van der Waals surface area contributed by atoms with Crippen molar-refractivity contribution in [1.82, 2.24) is 5.32 Å². The zero-order valence-electron chi connectivity index (χ0n) is 14.0. The smallest absolute Gasteiger partial charge is 0.123 e. The Balaban J connectivity index is 2.85. The van der Waals surface area contributed by atoms with Gasteiger partial charge >= 0.3 is 0 Å². The van der Waals surface area contributed by atoms with Crippen LogP contribution in [0.1, 0.15) is 58.6 Å². The number of rotatable bonds is 7. The van der Waals surface area contributed by atoms with Crippen molar-refractivity contribution in [2.24, 2.45) is 0 Å². The van der Waals surface area contributed by atoms with Crippen LogP contribution in [0.25, 0.3) is 0 Å². The number of hydrogen-bond acceptors (Lipinski definition) is 2. The van der Waals surface area contributed by atoms with Gasteiger partial charge < -0.3 is 10.1 Å². The zero-order chi connectivity index (χ0) is 15.2. The van der Waals surface area contributed by atoms with Crippen molar-refractivity contribution in [2.45, 2.75) is 65.9 Å². The van der Waals surface area contributed by atoms with Crippen LogP contribution in [0.2, 0.25) is 0 Å². The Morgan fingerprint density at radius 2 is 1.90 bits per heavy atom. The molecule has 0 amide bonds. The number of benzene rings is 1. The van der Waals surface area contributed by atoms with Gasteiger partial charge in [-0.15, -0.1) is 0 Å². The van der Waals surface area contributed by atoms with Crippen molar-refractivity contribution in [3.63, 3.8) is 0 Å². The van der Waals surface area contributed by atoms with Gasteiger partial charge in [0.15, 0.2) is 0 Å². The molecule has 114 valence electrons. The molecule has 2 nitrogen and oxygen atoms in total. The summed E-state index contributed by atoms with van der Waals surface area (Å²) in [6, 6.07) is 6.55. The Bertz CT molecular complexity index is 406. The topological polar surface area (TPSA) is 21.3 Å². The molecule has 0 aromatic heterocycles. The highest BCUT2D eigenvalue weighted by Crippen LogP contribution is 2.32. The van der Waals surface area contributed by atoms with Gasteiger partial charge in [0.05, 0.1) is 0 Å². The van der Waals surface area contributed by atoms with Gasteiger partial charge in [0.1, 0.15) is 11.9 Å². The van der Waals surface area contributed by atoms with Gasteiger partial charge in [0.2, 0.25) is 0 Å². The fourth-order valence-corrected chi connectivity index (χ4v) is 2.24. The normalized spacial score (nSPS) is 13.3. The molecule has 1 N–H and O–H groups in total. The summed E-state index contributed by atoms with van der Waals surface area (Å²) in [6.45, 7) is 15.2. The Kier molecular flexibility index (Phi) is 6.54. The van der Waals surface area contributed by atoms with E-state index in [0.717, 1.165) is 31.7 Å². The van der Waals surface area contributed by atoms with Crippen LogP contribution in [0.4, 0.5) is 0 Å². The lowest BCUT2D eigenvalue weighted by Crippen LogP contribution is -2.32. The molecule has 0 radical (unpaired) electrons. The van der Waals surface area contributed by atoms with Crippen molar-refractivity contribution in [3.8, 4) is 5.75 Å². The second kappa shape index (κ2) is 7.68. The molecular formula is C18H31NO. The SMILES string of the molecule is CCCNCC(CC)Oc1cc(C)ccc1C(C)(C)C. The molecule has 0 fully saturated rings. The minimum Gasteiger partial charge on any atom is -0.489 e. The van der Waals surface area contributed by atoms with Crippen molar-refractivity contribution in [1.29, 1.82) is 0 Å². The summed E-state index contributed by atoms with van der Waals surface area (Å²) in [5.74, 6) is 1.04. The van der Waals surface area contributed by atoms with E-state index in [1.54, 1.807) is 0 Å². The first-order chi connectivity index (χ1) is 9.38.